The van der Waals surface area contributed by atoms with Crippen LogP contribution in [0.4, 0.5) is 5.69 Å². The number of methoxy groups -OCH3 is 1. The van der Waals surface area contributed by atoms with E-state index >= 15 is 0 Å². The molecule has 2 aliphatic rings. The summed E-state index contributed by atoms with van der Waals surface area (Å²) in [5, 5.41) is 0. The highest BCUT2D eigenvalue weighted by molar-refractivity contribution is 9.10. The van der Waals surface area contributed by atoms with E-state index < -0.39 is 5.92 Å². The van der Waals surface area contributed by atoms with Crippen LogP contribution in [0.15, 0.2) is 53.0 Å². The SMILES string of the molecule is COC(=O)CC1CN(C(=O)C2CC(=O)N(C(C)c3ccccc3)C2)c2ccc(Br)cc21. The van der Waals surface area contributed by atoms with E-state index in [4.69, 9.17) is 4.74 Å². The number of likely N-dealkylation sites (tertiary alicyclic amines) is 1. The van der Waals surface area contributed by atoms with E-state index in [1.807, 2.05) is 55.5 Å². The summed E-state index contributed by atoms with van der Waals surface area (Å²) >= 11 is 3.48. The van der Waals surface area contributed by atoms with Crippen LogP contribution in [0.2, 0.25) is 0 Å². The van der Waals surface area contributed by atoms with E-state index in [9.17, 15) is 14.4 Å². The number of amides is 2. The first kappa shape index (κ1) is 21.6. The Morgan fingerprint density at radius 1 is 1.16 bits per heavy atom. The molecule has 2 aliphatic heterocycles. The number of carbonyl (C=O) groups excluding carboxylic acids is 3. The number of esters is 1. The molecule has 0 bridgehead atoms. The number of halogens is 1. The number of anilines is 1. The summed E-state index contributed by atoms with van der Waals surface area (Å²) in [6.07, 6.45) is 0.421. The largest absolute Gasteiger partial charge is 0.469 e. The zero-order valence-corrected chi connectivity index (χ0v) is 19.2. The van der Waals surface area contributed by atoms with Gasteiger partial charge in [0.25, 0.3) is 0 Å². The lowest BCUT2D eigenvalue weighted by molar-refractivity contribution is -0.141. The van der Waals surface area contributed by atoms with Crippen LogP contribution >= 0.6 is 15.9 Å². The van der Waals surface area contributed by atoms with Gasteiger partial charge in [0.15, 0.2) is 0 Å². The van der Waals surface area contributed by atoms with Crippen LogP contribution in [0, 0.1) is 5.92 Å². The molecule has 0 radical (unpaired) electrons. The second kappa shape index (κ2) is 8.83. The lowest BCUT2D eigenvalue weighted by Gasteiger charge is -2.26. The maximum absolute atomic E-state index is 13.5. The van der Waals surface area contributed by atoms with Crippen LogP contribution in [0.5, 0.6) is 0 Å². The molecule has 31 heavy (non-hydrogen) atoms. The number of carbonyl (C=O) groups is 3. The molecule has 1 saturated heterocycles. The van der Waals surface area contributed by atoms with Gasteiger partial charge >= 0.3 is 5.97 Å². The van der Waals surface area contributed by atoms with Crippen LogP contribution in [0.25, 0.3) is 0 Å². The van der Waals surface area contributed by atoms with Gasteiger partial charge in [-0.2, -0.15) is 0 Å². The fourth-order valence-corrected chi connectivity index (χ4v) is 4.96. The molecular weight excluding hydrogens is 460 g/mol. The van der Waals surface area contributed by atoms with Crippen LogP contribution in [0.3, 0.4) is 0 Å². The number of benzene rings is 2. The van der Waals surface area contributed by atoms with Crippen molar-refractivity contribution in [2.45, 2.75) is 31.7 Å². The fraction of sp³-hybridized carbons (Fsp3) is 0.375. The smallest absolute Gasteiger partial charge is 0.306 e. The summed E-state index contributed by atoms with van der Waals surface area (Å²) in [6, 6.07) is 15.5. The first-order chi connectivity index (χ1) is 14.9. The Bertz CT molecular complexity index is 1010. The molecule has 0 aliphatic carbocycles. The summed E-state index contributed by atoms with van der Waals surface area (Å²) in [5.41, 5.74) is 2.81. The standard InChI is InChI=1S/C24H25BrN2O4/c1-15(16-6-4-3-5-7-16)26-14-18(10-22(26)28)24(30)27-13-17(11-23(29)31-2)20-12-19(25)8-9-21(20)27/h3-9,12,15,17-18H,10-11,13-14H2,1-2H3. The minimum atomic E-state index is -0.396. The van der Waals surface area contributed by atoms with E-state index in [2.05, 4.69) is 15.9 Å². The minimum Gasteiger partial charge on any atom is -0.469 e. The lowest BCUT2D eigenvalue weighted by atomic mass is 9.98. The van der Waals surface area contributed by atoms with Crippen molar-refractivity contribution in [3.8, 4) is 0 Å². The van der Waals surface area contributed by atoms with Crippen LogP contribution in [0.1, 0.15) is 42.9 Å². The fourth-order valence-electron chi connectivity index (χ4n) is 4.59. The number of nitrogens with zero attached hydrogens (tertiary/aromatic N) is 2. The second-order valence-electron chi connectivity index (χ2n) is 8.16. The van der Waals surface area contributed by atoms with Crippen molar-refractivity contribution in [1.82, 2.24) is 4.90 Å². The van der Waals surface area contributed by atoms with Crippen molar-refractivity contribution in [1.29, 1.82) is 0 Å². The molecule has 2 aromatic carbocycles. The molecule has 2 heterocycles. The normalized spacial score (nSPS) is 21.2. The molecular formula is C24H25BrN2O4. The molecule has 6 nitrogen and oxygen atoms in total. The number of rotatable bonds is 5. The third-order valence-electron chi connectivity index (χ3n) is 6.29. The van der Waals surface area contributed by atoms with E-state index in [0.717, 1.165) is 21.3 Å². The zero-order chi connectivity index (χ0) is 22.1. The van der Waals surface area contributed by atoms with Gasteiger partial charge in [0.2, 0.25) is 11.8 Å². The van der Waals surface area contributed by atoms with Gasteiger partial charge < -0.3 is 14.5 Å². The Balaban J connectivity index is 1.53. The molecule has 0 aromatic heterocycles. The lowest BCUT2D eigenvalue weighted by Crippen LogP contribution is -2.37. The van der Waals surface area contributed by atoms with Gasteiger partial charge in [-0.25, -0.2) is 0 Å². The van der Waals surface area contributed by atoms with E-state index in [1.165, 1.54) is 7.11 Å². The molecule has 2 aromatic rings. The first-order valence-electron chi connectivity index (χ1n) is 10.4. The number of ether oxygens (including phenoxy) is 1. The Morgan fingerprint density at radius 2 is 1.90 bits per heavy atom. The predicted molar refractivity (Wildman–Crippen MR) is 121 cm³/mol. The van der Waals surface area contributed by atoms with Gasteiger partial charge in [0.05, 0.1) is 25.5 Å². The van der Waals surface area contributed by atoms with Crippen LogP contribution in [-0.4, -0.2) is 42.9 Å². The number of hydrogen-bond donors (Lipinski definition) is 0. The van der Waals surface area contributed by atoms with Gasteiger partial charge in [-0.1, -0.05) is 46.3 Å². The molecule has 7 heteroatoms. The van der Waals surface area contributed by atoms with Crippen LogP contribution < -0.4 is 4.90 Å². The number of fused-ring (bicyclic) bond motifs is 1. The molecule has 0 saturated carbocycles. The Hall–Kier alpha value is -2.67. The van der Waals surface area contributed by atoms with E-state index in [0.29, 0.717) is 13.1 Å². The predicted octanol–water partition coefficient (Wildman–Crippen LogP) is 4.05. The maximum Gasteiger partial charge on any atom is 0.306 e. The molecule has 3 unspecified atom stereocenters. The van der Waals surface area contributed by atoms with Gasteiger partial charge in [-0.3, -0.25) is 14.4 Å². The van der Waals surface area contributed by atoms with Crippen molar-refractivity contribution < 1.29 is 19.1 Å². The summed E-state index contributed by atoms with van der Waals surface area (Å²) in [7, 11) is 1.37. The summed E-state index contributed by atoms with van der Waals surface area (Å²) in [5.74, 6) is -0.889. The molecule has 4 rings (SSSR count). The van der Waals surface area contributed by atoms with Crippen molar-refractivity contribution in [2.75, 3.05) is 25.1 Å². The summed E-state index contributed by atoms with van der Waals surface area (Å²) in [6.45, 7) is 2.81. The first-order valence-corrected chi connectivity index (χ1v) is 11.2. The van der Waals surface area contributed by atoms with Gasteiger partial charge in [-0.15, -0.1) is 0 Å². The molecule has 0 N–H and O–H groups in total. The third kappa shape index (κ3) is 4.24. The third-order valence-corrected chi connectivity index (χ3v) is 6.78. The highest BCUT2D eigenvalue weighted by Gasteiger charge is 2.42. The van der Waals surface area contributed by atoms with Gasteiger partial charge in [-0.05, 0) is 36.2 Å². The van der Waals surface area contributed by atoms with Crippen molar-refractivity contribution in [2.24, 2.45) is 5.92 Å². The Morgan fingerprint density at radius 3 is 2.61 bits per heavy atom. The van der Waals surface area contributed by atoms with Gasteiger partial charge in [0.1, 0.15) is 0 Å². The molecule has 2 amide bonds. The highest BCUT2D eigenvalue weighted by atomic mass is 79.9. The highest BCUT2D eigenvalue weighted by Crippen LogP contribution is 2.41. The zero-order valence-electron chi connectivity index (χ0n) is 17.6. The monoisotopic (exact) mass is 484 g/mol. The minimum absolute atomic E-state index is 0.00367. The van der Waals surface area contributed by atoms with Crippen molar-refractivity contribution in [3.05, 3.63) is 64.1 Å². The van der Waals surface area contributed by atoms with Crippen molar-refractivity contribution in [3.63, 3.8) is 0 Å². The molecule has 162 valence electrons. The quantitative estimate of drug-likeness (QED) is 0.600. The summed E-state index contributed by atoms with van der Waals surface area (Å²) in [4.78, 5) is 41.6. The van der Waals surface area contributed by atoms with Gasteiger partial charge in [0, 0.05) is 35.6 Å². The second-order valence-corrected chi connectivity index (χ2v) is 9.08. The molecule has 0 spiro atoms. The Kier molecular flexibility index (Phi) is 6.14. The van der Waals surface area contributed by atoms with Crippen LogP contribution in [-0.2, 0) is 19.1 Å². The average molecular weight is 485 g/mol. The number of hydrogen-bond acceptors (Lipinski definition) is 4. The topological polar surface area (TPSA) is 66.9 Å². The van der Waals surface area contributed by atoms with E-state index in [1.54, 1.807) is 9.80 Å². The summed E-state index contributed by atoms with van der Waals surface area (Å²) < 4.78 is 5.74. The van der Waals surface area contributed by atoms with E-state index in [-0.39, 0.29) is 42.6 Å². The molecule has 3 atom stereocenters. The maximum atomic E-state index is 13.5. The Labute approximate surface area is 190 Å². The van der Waals surface area contributed by atoms with Crippen molar-refractivity contribution >= 4 is 39.4 Å². The average Bonchev–Trinajstić information content (AvgIpc) is 3.33. The molecule has 1 fully saturated rings.